The molecule has 0 amide bonds. The molecule has 0 aliphatic carbocycles. The molecule has 0 fully saturated rings. The zero-order valence-corrected chi connectivity index (χ0v) is 12.0. The molecule has 1 N–H and O–H groups in total. The van der Waals surface area contributed by atoms with E-state index in [1.54, 1.807) is 24.3 Å². The van der Waals surface area contributed by atoms with Gasteiger partial charge in [0.05, 0.1) is 11.1 Å². The van der Waals surface area contributed by atoms with Gasteiger partial charge in [-0.25, -0.2) is 8.42 Å². The Morgan fingerprint density at radius 2 is 1.52 bits per heavy atom. The van der Waals surface area contributed by atoms with Crippen molar-refractivity contribution >= 4 is 22.1 Å². The van der Waals surface area contributed by atoms with Crippen LogP contribution in [0.3, 0.4) is 0 Å². The molecule has 2 aromatic carbocycles. The normalized spacial score (nSPS) is 13.7. The molecule has 0 aromatic heterocycles. The van der Waals surface area contributed by atoms with E-state index >= 15 is 0 Å². The Hall–Kier alpha value is -2.40. The summed E-state index contributed by atoms with van der Waals surface area (Å²) in [4.78, 5) is 0.188. The van der Waals surface area contributed by atoms with Gasteiger partial charge in [0.15, 0.2) is 9.84 Å². The van der Waals surface area contributed by atoms with Crippen LogP contribution < -0.4 is 0 Å². The monoisotopic (exact) mass is 301 g/mol. The van der Waals surface area contributed by atoms with Crippen LogP contribution in [-0.4, -0.2) is 25.1 Å². The van der Waals surface area contributed by atoms with E-state index in [1.807, 2.05) is 30.3 Å². The number of benzene rings is 2. The van der Waals surface area contributed by atoms with Gasteiger partial charge < -0.3 is 5.21 Å². The molecule has 0 unspecified atom stereocenters. The fourth-order valence-corrected chi connectivity index (χ4v) is 3.19. The molecule has 108 valence electrons. The predicted molar refractivity (Wildman–Crippen MR) is 83.2 cm³/mol. The Kier molecular flexibility index (Phi) is 4.90. The Morgan fingerprint density at radius 1 is 0.952 bits per heavy atom. The van der Waals surface area contributed by atoms with Gasteiger partial charge in [-0.15, -0.1) is 5.16 Å². The summed E-state index contributed by atoms with van der Waals surface area (Å²) in [7, 11) is -3.63. The standard InChI is InChI=1S/C16H15NO3S/c18-17-13-16(12-11-14-7-3-1-4-8-14)21(19,20)15-9-5-2-6-10-15/h1-13,16,18H/b12-11+,17-13-/t16-/m1/s1. The smallest absolute Gasteiger partial charge is 0.190 e. The molecule has 0 heterocycles. The maximum Gasteiger partial charge on any atom is 0.190 e. The van der Waals surface area contributed by atoms with Gasteiger partial charge in [-0.2, -0.15) is 0 Å². The van der Waals surface area contributed by atoms with Gasteiger partial charge in [-0.3, -0.25) is 0 Å². The van der Waals surface area contributed by atoms with Crippen molar-refractivity contribution in [1.29, 1.82) is 0 Å². The summed E-state index contributed by atoms with van der Waals surface area (Å²) in [6.45, 7) is 0. The van der Waals surface area contributed by atoms with Crippen LogP contribution in [0.25, 0.3) is 6.08 Å². The van der Waals surface area contributed by atoms with Crippen molar-refractivity contribution in [1.82, 2.24) is 0 Å². The van der Waals surface area contributed by atoms with E-state index in [-0.39, 0.29) is 4.90 Å². The first kappa shape index (κ1) is 15.0. The lowest BCUT2D eigenvalue weighted by Gasteiger charge is -2.09. The van der Waals surface area contributed by atoms with Crippen LogP contribution in [-0.2, 0) is 9.84 Å². The number of nitrogens with zero attached hydrogens (tertiary/aromatic N) is 1. The van der Waals surface area contributed by atoms with Crippen LogP contribution in [0.15, 0.2) is 76.8 Å². The van der Waals surface area contributed by atoms with Crippen molar-refractivity contribution in [2.45, 2.75) is 10.1 Å². The minimum absolute atomic E-state index is 0.188. The summed E-state index contributed by atoms with van der Waals surface area (Å²) in [5.41, 5.74) is 0.872. The summed E-state index contributed by atoms with van der Waals surface area (Å²) >= 11 is 0. The maximum absolute atomic E-state index is 12.5. The number of hydrogen-bond acceptors (Lipinski definition) is 4. The summed E-state index contributed by atoms with van der Waals surface area (Å²) in [6, 6.07) is 17.4. The van der Waals surface area contributed by atoms with Crippen molar-refractivity contribution in [3.8, 4) is 0 Å². The topological polar surface area (TPSA) is 66.7 Å². The Morgan fingerprint density at radius 3 is 2.10 bits per heavy atom. The molecule has 2 aromatic rings. The SMILES string of the molecule is O=S(=O)(c1ccccc1)[C@@H](/C=N\O)/C=C/c1ccccc1. The molecule has 0 aliphatic heterocycles. The third-order valence-electron chi connectivity index (χ3n) is 2.92. The third-order valence-corrected chi connectivity index (χ3v) is 4.85. The second-order valence-electron chi connectivity index (χ2n) is 4.36. The van der Waals surface area contributed by atoms with Gasteiger partial charge in [-0.1, -0.05) is 60.7 Å². The molecule has 4 nitrogen and oxygen atoms in total. The number of hydrogen-bond donors (Lipinski definition) is 1. The van der Waals surface area contributed by atoms with Gasteiger partial charge >= 0.3 is 0 Å². The maximum atomic E-state index is 12.5. The molecule has 5 heteroatoms. The zero-order chi connectivity index (χ0) is 15.1. The molecule has 0 radical (unpaired) electrons. The molecule has 0 bridgehead atoms. The Balaban J connectivity index is 2.34. The molecule has 0 saturated carbocycles. The average Bonchev–Trinajstić information content (AvgIpc) is 2.53. The number of sulfone groups is 1. The molecular formula is C16H15NO3S. The fourth-order valence-electron chi connectivity index (χ4n) is 1.84. The minimum Gasteiger partial charge on any atom is -0.411 e. The Bertz CT molecular complexity index is 723. The van der Waals surface area contributed by atoms with Crippen LogP contribution in [0.5, 0.6) is 0 Å². The van der Waals surface area contributed by atoms with Crippen molar-refractivity contribution in [2.24, 2.45) is 5.16 Å². The van der Waals surface area contributed by atoms with Crippen LogP contribution in [0.4, 0.5) is 0 Å². The fraction of sp³-hybridized carbons (Fsp3) is 0.0625. The van der Waals surface area contributed by atoms with Crippen LogP contribution in [0.1, 0.15) is 5.56 Å². The number of rotatable bonds is 5. The van der Waals surface area contributed by atoms with Gasteiger partial charge in [0, 0.05) is 0 Å². The first-order chi connectivity index (χ1) is 10.1. The number of oxime groups is 1. The van der Waals surface area contributed by atoms with E-state index in [1.165, 1.54) is 18.2 Å². The molecule has 21 heavy (non-hydrogen) atoms. The van der Waals surface area contributed by atoms with E-state index in [0.29, 0.717) is 0 Å². The molecule has 0 spiro atoms. The van der Waals surface area contributed by atoms with Gasteiger partial charge in [0.1, 0.15) is 5.25 Å². The van der Waals surface area contributed by atoms with E-state index in [2.05, 4.69) is 5.16 Å². The average molecular weight is 301 g/mol. The van der Waals surface area contributed by atoms with E-state index < -0.39 is 15.1 Å². The third kappa shape index (κ3) is 3.79. The second kappa shape index (κ2) is 6.85. The summed E-state index contributed by atoms with van der Waals surface area (Å²) in [5.74, 6) is 0. The molecule has 2 rings (SSSR count). The van der Waals surface area contributed by atoms with Gasteiger partial charge in [0.2, 0.25) is 0 Å². The lowest BCUT2D eigenvalue weighted by Crippen LogP contribution is -2.20. The highest BCUT2D eigenvalue weighted by atomic mass is 32.2. The molecule has 0 saturated heterocycles. The first-order valence-corrected chi connectivity index (χ1v) is 7.89. The van der Waals surface area contributed by atoms with Gasteiger partial charge in [0.25, 0.3) is 0 Å². The van der Waals surface area contributed by atoms with Crippen molar-refractivity contribution in [3.63, 3.8) is 0 Å². The second-order valence-corrected chi connectivity index (χ2v) is 6.46. The van der Waals surface area contributed by atoms with E-state index in [9.17, 15) is 8.42 Å². The predicted octanol–water partition coefficient (Wildman–Crippen LogP) is 3.00. The minimum atomic E-state index is -3.63. The van der Waals surface area contributed by atoms with E-state index in [4.69, 9.17) is 5.21 Å². The summed E-state index contributed by atoms with van der Waals surface area (Å²) in [5, 5.41) is 10.6. The lowest BCUT2D eigenvalue weighted by molar-refractivity contribution is 0.321. The lowest BCUT2D eigenvalue weighted by atomic mass is 10.2. The van der Waals surface area contributed by atoms with Crippen molar-refractivity contribution in [3.05, 3.63) is 72.3 Å². The van der Waals surface area contributed by atoms with Crippen LogP contribution in [0, 0.1) is 0 Å². The molecule has 1 atom stereocenters. The van der Waals surface area contributed by atoms with Crippen molar-refractivity contribution < 1.29 is 13.6 Å². The van der Waals surface area contributed by atoms with Crippen LogP contribution in [0.2, 0.25) is 0 Å². The molecule has 0 aliphatic rings. The van der Waals surface area contributed by atoms with Crippen LogP contribution >= 0.6 is 0 Å². The summed E-state index contributed by atoms with van der Waals surface area (Å²) < 4.78 is 25.0. The highest BCUT2D eigenvalue weighted by molar-refractivity contribution is 7.93. The summed E-state index contributed by atoms with van der Waals surface area (Å²) in [6.07, 6.45) is 4.19. The Labute approximate surface area is 124 Å². The molecular weight excluding hydrogens is 286 g/mol. The van der Waals surface area contributed by atoms with E-state index in [0.717, 1.165) is 11.8 Å². The van der Waals surface area contributed by atoms with Crippen molar-refractivity contribution in [2.75, 3.05) is 0 Å². The quantitative estimate of drug-likeness (QED) is 0.524. The van der Waals surface area contributed by atoms with Gasteiger partial charge in [-0.05, 0) is 17.7 Å². The highest BCUT2D eigenvalue weighted by Crippen LogP contribution is 2.16. The first-order valence-electron chi connectivity index (χ1n) is 6.34. The largest absolute Gasteiger partial charge is 0.411 e. The highest BCUT2D eigenvalue weighted by Gasteiger charge is 2.23. The zero-order valence-electron chi connectivity index (χ0n) is 11.2.